The number of ether oxygens (including phenoxy) is 3. The monoisotopic (exact) mass is 609 g/mol. The van der Waals surface area contributed by atoms with Gasteiger partial charge >= 0.3 is 5.97 Å². The molecule has 2 aromatic carbocycles. The van der Waals surface area contributed by atoms with E-state index in [0.29, 0.717) is 41.2 Å². The fourth-order valence-electron chi connectivity index (χ4n) is 4.64. The first kappa shape index (κ1) is 31.9. The first-order chi connectivity index (χ1) is 17.9. The van der Waals surface area contributed by atoms with Gasteiger partial charge in [-0.05, 0) is 43.0 Å². The van der Waals surface area contributed by atoms with E-state index in [1.807, 2.05) is 39.5 Å². The normalized spacial score (nSPS) is 12.5. The van der Waals surface area contributed by atoms with Crippen LogP contribution >= 0.6 is 17.0 Å². The molecule has 0 unspecified atom stereocenters. The molecule has 0 aliphatic carbocycles. The summed E-state index contributed by atoms with van der Waals surface area (Å²) in [6, 6.07) is 5.06. The van der Waals surface area contributed by atoms with Crippen molar-refractivity contribution in [3.05, 3.63) is 46.3 Å². The van der Waals surface area contributed by atoms with Gasteiger partial charge in [0.15, 0.2) is 29.7 Å². The molecule has 0 atom stereocenters. The van der Waals surface area contributed by atoms with Gasteiger partial charge in [0.25, 0.3) is 0 Å². The number of fused-ring (bicyclic) bond motifs is 1. The van der Waals surface area contributed by atoms with Crippen molar-refractivity contribution in [2.45, 2.75) is 46.6 Å². The third kappa shape index (κ3) is 6.46. The van der Waals surface area contributed by atoms with Gasteiger partial charge in [0.05, 0.1) is 32.0 Å². The molecular weight excluding hydrogens is 573 g/mol. The van der Waals surface area contributed by atoms with E-state index in [4.69, 9.17) is 19.6 Å². The van der Waals surface area contributed by atoms with Gasteiger partial charge in [-0.2, -0.15) is 0 Å². The predicted octanol–water partition coefficient (Wildman–Crippen LogP) is 5.05. The number of Topliss-reactive ketones (excluding diaryl/α,β-unsaturated/α-hetero) is 1. The summed E-state index contributed by atoms with van der Waals surface area (Å²) in [5.74, 6) is -1.58. The maximum absolute atomic E-state index is 15.2. The van der Waals surface area contributed by atoms with Crippen LogP contribution in [-0.2, 0) is 16.8 Å². The summed E-state index contributed by atoms with van der Waals surface area (Å²) in [4.78, 5) is 28.4. The van der Waals surface area contributed by atoms with E-state index in [1.165, 1.54) is 19.1 Å². The molecule has 0 radical (unpaired) electrons. The third-order valence-electron chi connectivity index (χ3n) is 6.59. The molecule has 0 aromatic heterocycles. The Labute approximate surface area is 239 Å². The van der Waals surface area contributed by atoms with E-state index >= 15 is 4.39 Å². The van der Waals surface area contributed by atoms with Crippen LogP contribution in [0.15, 0.2) is 18.2 Å². The Balaban J connectivity index is 0.00000533. The number of nitrogens with zero attached hydrogens (tertiary/aromatic N) is 2. The lowest BCUT2D eigenvalue weighted by atomic mass is 9.84. The summed E-state index contributed by atoms with van der Waals surface area (Å²) in [5.41, 5.74) is 1.90. The Bertz CT molecular complexity index is 1260. The summed E-state index contributed by atoms with van der Waals surface area (Å²) in [6.45, 7) is 10.6. The van der Waals surface area contributed by atoms with Crippen molar-refractivity contribution < 1.29 is 33.3 Å². The van der Waals surface area contributed by atoms with Gasteiger partial charge in [0.1, 0.15) is 11.6 Å². The Morgan fingerprint density at radius 1 is 1.10 bits per heavy atom. The lowest BCUT2D eigenvalue weighted by Crippen LogP contribution is -2.31. The quantitative estimate of drug-likeness (QED) is 0.340. The SMILES string of the molecule is Br.CCN(CC)c1cc(C(=O)CN2Cc3cc(OC)c(OC)c(F)c3C2=N)cc(C(C)(C)C)c1OCC(=O)O. The van der Waals surface area contributed by atoms with Crippen LogP contribution in [-0.4, -0.2) is 68.1 Å². The zero-order valence-corrected chi connectivity index (χ0v) is 25.1. The first-order valence-electron chi connectivity index (χ1n) is 12.5. The number of rotatable bonds is 11. The van der Waals surface area contributed by atoms with E-state index in [0.717, 1.165) is 0 Å². The van der Waals surface area contributed by atoms with Crippen molar-refractivity contribution in [1.29, 1.82) is 5.41 Å². The molecule has 39 heavy (non-hydrogen) atoms. The van der Waals surface area contributed by atoms with Gasteiger partial charge in [0, 0.05) is 30.8 Å². The number of hydrogen-bond donors (Lipinski definition) is 2. The molecule has 0 amide bonds. The predicted molar refractivity (Wildman–Crippen MR) is 153 cm³/mol. The third-order valence-corrected chi connectivity index (χ3v) is 6.59. The van der Waals surface area contributed by atoms with Gasteiger partial charge in [-0.1, -0.05) is 20.8 Å². The largest absolute Gasteiger partial charge is 0.493 e. The van der Waals surface area contributed by atoms with E-state index in [9.17, 15) is 14.7 Å². The van der Waals surface area contributed by atoms with Gasteiger partial charge in [-0.3, -0.25) is 10.2 Å². The number of hydrogen-bond acceptors (Lipinski definition) is 7. The van der Waals surface area contributed by atoms with Crippen LogP contribution in [0.1, 0.15) is 61.7 Å². The molecule has 1 heterocycles. The minimum Gasteiger partial charge on any atom is -0.493 e. The number of benzene rings is 2. The van der Waals surface area contributed by atoms with Gasteiger partial charge in [0.2, 0.25) is 0 Å². The number of methoxy groups -OCH3 is 2. The van der Waals surface area contributed by atoms with Crippen LogP contribution in [0.3, 0.4) is 0 Å². The number of carboxylic acid groups (broad SMARTS) is 1. The molecule has 11 heteroatoms. The molecule has 214 valence electrons. The fraction of sp³-hybridized carbons (Fsp3) is 0.464. The second kappa shape index (κ2) is 12.7. The van der Waals surface area contributed by atoms with Crippen LogP contribution in [0.4, 0.5) is 10.1 Å². The van der Waals surface area contributed by atoms with Crippen LogP contribution in [0, 0.1) is 11.2 Å². The molecule has 0 bridgehead atoms. The summed E-state index contributed by atoms with van der Waals surface area (Å²) >= 11 is 0. The average molecular weight is 611 g/mol. The number of aliphatic carboxylic acids is 1. The summed E-state index contributed by atoms with van der Waals surface area (Å²) in [7, 11) is 2.74. The van der Waals surface area contributed by atoms with Crippen molar-refractivity contribution in [3.8, 4) is 17.2 Å². The highest BCUT2D eigenvalue weighted by Crippen LogP contribution is 2.41. The molecule has 1 aliphatic rings. The first-order valence-corrected chi connectivity index (χ1v) is 12.5. The minimum absolute atomic E-state index is 0. The number of nitrogens with one attached hydrogen (secondary N) is 1. The van der Waals surface area contributed by atoms with E-state index in [1.54, 1.807) is 18.2 Å². The van der Waals surface area contributed by atoms with E-state index in [-0.39, 0.29) is 58.8 Å². The highest BCUT2D eigenvalue weighted by atomic mass is 79.9. The van der Waals surface area contributed by atoms with Crippen molar-refractivity contribution in [3.63, 3.8) is 0 Å². The van der Waals surface area contributed by atoms with Crippen LogP contribution in [0.5, 0.6) is 17.2 Å². The Hall–Kier alpha value is -3.34. The summed E-state index contributed by atoms with van der Waals surface area (Å²) < 4.78 is 31.3. The second-order valence-corrected chi connectivity index (χ2v) is 10.1. The number of ketones is 1. The number of halogens is 2. The van der Waals surface area contributed by atoms with Crippen LogP contribution < -0.4 is 19.1 Å². The minimum atomic E-state index is -1.09. The fourth-order valence-corrected chi connectivity index (χ4v) is 4.64. The smallest absolute Gasteiger partial charge is 0.341 e. The van der Waals surface area contributed by atoms with E-state index in [2.05, 4.69) is 0 Å². The molecule has 1 aliphatic heterocycles. The highest BCUT2D eigenvalue weighted by molar-refractivity contribution is 8.93. The molecule has 9 nitrogen and oxygen atoms in total. The van der Waals surface area contributed by atoms with Crippen molar-refractivity contribution in [1.82, 2.24) is 4.90 Å². The number of amidine groups is 1. The summed E-state index contributed by atoms with van der Waals surface area (Å²) in [5, 5.41) is 17.8. The lowest BCUT2D eigenvalue weighted by molar-refractivity contribution is -0.139. The number of carboxylic acids is 1. The Morgan fingerprint density at radius 2 is 1.74 bits per heavy atom. The molecule has 0 saturated heterocycles. The van der Waals surface area contributed by atoms with Crippen molar-refractivity contribution >= 4 is 40.3 Å². The topological polar surface area (TPSA) is 112 Å². The number of carbonyl (C=O) groups is 2. The molecule has 2 aromatic rings. The van der Waals surface area contributed by atoms with Gasteiger partial charge in [-0.15, -0.1) is 17.0 Å². The van der Waals surface area contributed by atoms with Crippen molar-refractivity contribution in [2.24, 2.45) is 0 Å². The Morgan fingerprint density at radius 3 is 2.26 bits per heavy atom. The number of anilines is 1. The van der Waals surface area contributed by atoms with Crippen molar-refractivity contribution in [2.75, 3.05) is 45.4 Å². The van der Waals surface area contributed by atoms with Crippen LogP contribution in [0.2, 0.25) is 0 Å². The average Bonchev–Trinajstić information content (AvgIpc) is 3.17. The molecule has 0 saturated carbocycles. The van der Waals surface area contributed by atoms with Gasteiger partial charge < -0.3 is 29.1 Å². The Kier molecular flexibility index (Phi) is 10.4. The summed E-state index contributed by atoms with van der Waals surface area (Å²) in [6.07, 6.45) is 0. The maximum atomic E-state index is 15.2. The van der Waals surface area contributed by atoms with Gasteiger partial charge in [-0.25, -0.2) is 9.18 Å². The zero-order chi connectivity index (χ0) is 28.4. The maximum Gasteiger partial charge on any atom is 0.341 e. The van der Waals surface area contributed by atoms with Crippen LogP contribution in [0.25, 0.3) is 0 Å². The zero-order valence-electron chi connectivity index (χ0n) is 23.4. The van der Waals surface area contributed by atoms with E-state index < -0.39 is 23.8 Å². The molecule has 0 spiro atoms. The second-order valence-electron chi connectivity index (χ2n) is 10.1. The standard InChI is InChI=1S/C28H36FN3O6.BrH/c1-8-31(9-2)19-11-16(10-18(28(3,4)5)25(19)38-15-22(34)35)20(33)14-32-13-17-12-21(36-6)26(37-7)24(29)23(17)27(32)30;/h10-12,30H,8-9,13-15H2,1-7H3,(H,34,35);1H. The molecular formula is C28H37BrFN3O6. The number of carbonyl (C=O) groups excluding carboxylic acids is 1. The highest BCUT2D eigenvalue weighted by Gasteiger charge is 2.33. The molecule has 3 rings (SSSR count). The molecule has 0 fully saturated rings. The lowest BCUT2D eigenvalue weighted by Gasteiger charge is -2.30. The molecule has 2 N–H and O–H groups in total.